The van der Waals surface area contributed by atoms with Gasteiger partial charge in [0, 0.05) is 24.1 Å². The quantitative estimate of drug-likeness (QED) is 0.292. The van der Waals surface area contributed by atoms with Gasteiger partial charge in [0.25, 0.3) is 0 Å². The summed E-state index contributed by atoms with van der Waals surface area (Å²) in [6, 6.07) is 6.81. The average Bonchev–Trinajstić information content (AvgIpc) is 3.27. The van der Waals surface area contributed by atoms with Crippen LogP contribution in [0.2, 0.25) is 0 Å². The van der Waals surface area contributed by atoms with Crippen LogP contribution >= 0.6 is 39.9 Å². The Balaban J connectivity index is 0.00000220. The van der Waals surface area contributed by atoms with E-state index in [0.29, 0.717) is 6.04 Å². The number of methoxy groups -OCH3 is 1. The zero-order chi connectivity index (χ0) is 14.4. The minimum absolute atomic E-state index is 0. The number of nitrogens with one attached hydrogen (secondary N) is 2. The predicted molar refractivity (Wildman–Crippen MR) is 102 cm³/mol. The molecule has 0 heterocycles. The van der Waals surface area contributed by atoms with Crippen LogP contribution in [0.5, 0.6) is 5.75 Å². The lowest BCUT2D eigenvalue weighted by atomic mass is 10.1. The molecule has 2 N–H and O–H groups in total. The van der Waals surface area contributed by atoms with Crippen molar-refractivity contribution in [2.24, 2.45) is 4.99 Å². The Bertz CT molecular complexity index is 478. The molecule has 118 valence electrons. The third-order valence-corrected chi connectivity index (χ3v) is 3.80. The fourth-order valence-electron chi connectivity index (χ4n) is 2.03. The van der Waals surface area contributed by atoms with Gasteiger partial charge >= 0.3 is 0 Å². The number of rotatable bonds is 6. The van der Waals surface area contributed by atoms with Gasteiger partial charge in [0.15, 0.2) is 5.96 Å². The molecule has 1 saturated carbocycles. The molecule has 0 aliphatic heterocycles. The van der Waals surface area contributed by atoms with Gasteiger partial charge in [-0.1, -0.05) is 22.0 Å². The van der Waals surface area contributed by atoms with E-state index in [4.69, 9.17) is 4.74 Å². The van der Waals surface area contributed by atoms with Crippen LogP contribution in [0.25, 0.3) is 0 Å². The fraction of sp³-hybridized carbons (Fsp3) is 0.533. The molecule has 0 atom stereocenters. The lowest BCUT2D eigenvalue weighted by Gasteiger charge is -2.12. The molecule has 1 aromatic rings. The standard InChI is InChI=1S/C15H22BrN3O.HI/c1-17-15(19-13-7-8-13)18-9-3-4-11-5-6-12(16)10-14(11)20-2;/h5-6,10,13H,3-4,7-9H2,1-2H3,(H2,17,18,19);1H. The summed E-state index contributed by atoms with van der Waals surface area (Å²) in [5.41, 5.74) is 1.24. The Hall–Kier alpha value is -0.500. The zero-order valence-corrected chi connectivity index (χ0v) is 16.4. The minimum atomic E-state index is 0. The van der Waals surface area contributed by atoms with Gasteiger partial charge in [0.05, 0.1) is 7.11 Å². The lowest BCUT2D eigenvalue weighted by Crippen LogP contribution is -2.39. The molecular weight excluding hydrogens is 445 g/mol. The van der Waals surface area contributed by atoms with Crippen molar-refractivity contribution in [2.45, 2.75) is 31.7 Å². The number of nitrogens with zero attached hydrogens (tertiary/aromatic N) is 1. The highest BCUT2D eigenvalue weighted by Crippen LogP contribution is 2.24. The summed E-state index contributed by atoms with van der Waals surface area (Å²) in [7, 11) is 3.53. The van der Waals surface area contributed by atoms with E-state index in [2.05, 4.69) is 43.7 Å². The van der Waals surface area contributed by atoms with Gasteiger partial charge < -0.3 is 15.4 Å². The number of aryl methyl sites for hydroxylation is 1. The van der Waals surface area contributed by atoms with E-state index in [1.165, 1.54) is 18.4 Å². The van der Waals surface area contributed by atoms with E-state index in [0.717, 1.165) is 35.6 Å². The number of guanidine groups is 1. The molecule has 0 radical (unpaired) electrons. The van der Waals surface area contributed by atoms with Gasteiger partial charge in [0.1, 0.15) is 5.75 Å². The van der Waals surface area contributed by atoms with Crippen molar-refractivity contribution in [3.05, 3.63) is 28.2 Å². The first-order valence-electron chi connectivity index (χ1n) is 7.02. The first kappa shape index (κ1) is 18.5. The predicted octanol–water partition coefficient (Wildman–Crippen LogP) is 3.34. The van der Waals surface area contributed by atoms with Crippen molar-refractivity contribution in [3.63, 3.8) is 0 Å². The summed E-state index contributed by atoms with van der Waals surface area (Å²) in [5.74, 6) is 1.86. The normalized spacial score (nSPS) is 14.3. The molecule has 2 rings (SSSR count). The monoisotopic (exact) mass is 467 g/mol. The van der Waals surface area contributed by atoms with Crippen molar-refractivity contribution in [3.8, 4) is 5.75 Å². The second-order valence-corrected chi connectivity index (χ2v) is 5.89. The Kier molecular flexibility index (Phi) is 8.39. The molecule has 0 bridgehead atoms. The highest BCUT2D eigenvalue weighted by atomic mass is 127. The van der Waals surface area contributed by atoms with Crippen molar-refractivity contribution in [1.82, 2.24) is 10.6 Å². The van der Waals surface area contributed by atoms with Crippen molar-refractivity contribution >= 4 is 45.9 Å². The third-order valence-electron chi connectivity index (χ3n) is 3.31. The van der Waals surface area contributed by atoms with Crippen LogP contribution in [-0.2, 0) is 6.42 Å². The lowest BCUT2D eigenvalue weighted by molar-refractivity contribution is 0.409. The molecule has 0 saturated heterocycles. The molecule has 0 amide bonds. The largest absolute Gasteiger partial charge is 0.496 e. The van der Waals surface area contributed by atoms with Crippen molar-refractivity contribution in [2.75, 3.05) is 20.7 Å². The minimum Gasteiger partial charge on any atom is -0.496 e. The molecular formula is C15H23BrIN3O. The highest BCUT2D eigenvalue weighted by Gasteiger charge is 2.21. The molecule has 1 aliphatic carbocycles. The van der Waals surface area contributed by atoms with Gasteiger partial charge in [-0.05, 0) is 43.4 Å². The van der Waals surface area contributed by atoms with Crippen molar-refractivity contribution in [1.29, 1.82) is 0 Å². The van der Waals surface area contributed by atoms with Gasteiger partial charge in [-0.3, -0.25) is 4.99 Å². The summed E-state index contributed by atoms with van der Waals surface area (Å²) >= 11 is 3.46. The summed E-state index contributed by atoms with van der Waals surface area (Å²) < 4.78 is 6.45. The van der Waals surface area contributed by atoms with E-state index < -0.39 is 0 Å². The van der Waals surface area contributed by atoms with E-state index >= 15 is 0 Å². The van der Waals surface area contributed by atoms with E-state index in [1.54, 1.807) is 7.11 Å². The van der Waals surface area contributed by atoms with Gasteiger partial charge in [-0.2, -0.15) is 0 Å². The van der Waals surface area contributed by atoms with Crippen molar-refractivity contribution < 1.29 is 4.74 Å². The summed E-state index contributed by atoms with van der Waals surface area (Å²) in [6.45, 7) is 0.908. The first-order chi connectivity index (χ1) is 9.72. The second kappa shape index (κ2) is 9.50. The smallest absolute Gasteiger partial charge is 0.191 e. The second-order valence-electron chi connectivity index (χ2n) is 4.98. The Morgan fingerprint density at radius 2 is 2.19 bits per heavy atom. The molecule has 0 spiro atoms. The molecule has 0 aromatic heterocycles. The fourth-order valence-corrected chi connectivity index (χ4v) is 2.37. The maximum Gasteiger partial charge on any atom is 0.191 e. The molecule has 1 fully saturated rings. The SMILES string of the molecule is CN=C(NCCCc1ccc(Br)cc1OC)NC1CC1.I. The maximum atomic E-state index is 5.40. The Morgan fingerprint density at radius 1 is 1.43 bits per heavy atom. The van der Waals surface area contributed by atoms with Crippen LogP contribution in [0, 0.1) is 0 Å². The Morgan fingerprint density at radius 3 is 2.81 bits per heavy atom. The van der Waals surface area contributed by atoms with E-state index in [9.17, 15) is 0 Å². The number of aliphatic imine (C=N–C) groups is 1. The topological polar surface area (TPSA) is 45.7 Å². The summed E-state index contributed by atoms with van der Waals surface area (Å²) in [6.07, 6.45) is 4.56. The van der Waals surface area contributed by atoms with Crippen LogP contribution in [0.15, 0.2) is 27.7 Å². The van der Waals surface area contributed by atoms with Crippen LogP contribution in [0.4, 0.5) is 0 Å². The molecule has 0 unspecified atom stereocenters. The van der Waals surface area contributed by atoms with Crippen LogP contribution in [0.3, 0.4) is 0 Å². The molecule has 1 aliphatic rings. The number of benzene rings is 1. The number of hydrogen-bond acceptors (Lipinski definition) is 2. The van der Waals surface area contributed by atoms with E-state index in [1.807, 2.05) is 13.1 Å². The molecule has 4 nitrogen and oxygen atoms in total. The number of halogens is 2. The zero-order valence-electron chi connectivity index (χ0n) is 12.5. The maximum absolute atomic E-state index is 5.40. The van der Waals surface area contributed by atoms with Crippen LogP contribution in [-0.4, -0.2) is 32.7 Å². The summed E-state index contributed by atoms with van der Waals surface area (Å²) in [5, 5.41) is 6.73. The average molecular weight is 468 g/mol. The third kappa shape index (κ3) is 6.42. The molecule has 1 aromatic carbocycles. The van der Waals surface area contributed by atoms with Crippen LogP contribution in [0.1, 0.15) is 24.8 Å². The number of ether oxygens (including phenoxy) is 1. The summed E-state index contributed by atoms with van der Waals surface area (Å²) in [4.78, 5) is 4.22. The number of hydrogen-bond donors (Lipinski definition) is 2. The van der Waals surface area contributed by atoms with Gasteiger partial charge in [0.2, 0.25) is 0 Å². The molecule has 21 heavy (non-hydrogen) atoms. The first-order valence-corrected chi connectivity index (χ1v) is 7.82. The van der Waals surface area contributed by atoms with E-state index in [-0.39, 0.29) is 24.0 Å². The van der Waals surface area contributed by atoms with Gasteiger partial charge in [-0.25, -0.2) is 0 Å². The Labute approximate surface area is 152 Å². The highest BCUT2D eigenvalue weighted by molar-refractivity contribution is 14.0. The van der Waals surface area contributed by atoms with Gasteiger partial charge in [-0.15, -0.1) is 24.0 Å². The van der Waals surface area contributed by atoms with Crippen LogP contribution < -0.4 is 15.4 Å². The molecule has 6 heteroatoms.